The van der Waals surface area contributed by atoms with E-state index < -0.39 is 0 Å². The van der Waals surface area contributed by atoms with Gasteiger partial charge in [-0.05, 0) is 37.2 Å². The van der Waals surface area contributed by atoms with Crippen LogP contribution in [0.15, 0.2) is 24.3 Å². The van der Waals surface area contributed by atoms with E-state index in [1.54, 1.807) is 13.0 Å². The first-order valence-corrected chi connectivity index (χ1v) is 5.72. The minimum Gasteiger partial charge on any atom is -0.295 e. The normalized spacial score (nSPS) is 30.8. The molecule has 0 aromatic heterocycles. The van der Waals surface area contributed by atoms with E-state index in [9.17, 15) is 4.79 Å². The van der Waals surface area contributed by atoms with Crippen molar-refractivity contribution in [3.8, 4) is 0 Å². The Kier molecular flexibility index (Phi) is 3.54. The van der Waals surface area contributed by atoms with Crippen molar-refractivity contribution in [2.45, 2.75) is 40.5 Å². The summed E-state index contributed by atoms with van der Waals surface area (Å²) in [4.78, 5) is 11.0. The first-order chi connectivity index (χ1) is 6.85. The molecule has 1 rings (SSSR count). The predicted octanol–water partition coefficient (Wildman–Crippen LogP) is 3.76. The van der Waals surface area contributed by atoms with Crippen molar-refractivity contribution >= 4 is 5.78 Å². The Balaban J connectivity index is 2.90. The van der Waals surface area contributed by atoms with Crippen molar-refractivity contribution < 1.29 is 4.79 Å². The third kappa shape index (κ3) is 2.58. The van der Waals surface area contributed by atoms with Crippen molar-refractivity contribution in [2.75, 3.05) is 0 Å². The molecule has 0 aromatic carbocycles. The molecule has 84 valence electrons. The summed E-state index contributed by atoms with van der Waals surface area (Å²) >= 11 is 0. The first kappa shape index (κ1) is 12.2. The highest BCUT2D eigenvalue weighted by molar-refractivity contribution is 5.87. The zero-order chi connectivity index (χ0) is 11.6. The Morgan fingerprint density at radius 3 is 2.67 bits per heavy atom. The molecular formula is C14H22O. The van der Waals surface area contributed by atoms with Crippen LogP contribution in [0, 0.1) is 17.3 Å². The van der Waals surface area contributed by atoms with Crippen molar-refractivity contribution in [2.24, 2.45) is 17.3 Å². The maximum Gasteiger partial charge on any atom is 0.152 e. The van der Waals surface area contributed by atoms with Gasteiger partial charge in [-0.15, -0.1) is 0 Å². The second-order valence-electron chi connectivity index (χ2n) is 5.37. The van der Waals surface area contributed by atoms with E-state index in [0.29, 0.717) is 11.8 Å². The largest absolute Gasteiger partial charge is 0.295 e. The van der Waals surface area contributed by atoms with E-state index in [-0.39, 0.29) is 11.2 Å². The summed E-state index contributed by atoms with van der Waals surface area (Å²) in [5, 5.41) is 0. The maximum absolute atomic E-state index is 11.0. The van der Waals surface area contributed by atoms with Crippen molar-refractivity contribution in [3.05, 3.63) is 24.3 Å². The topological polar surface area (TPSA) is 17.1 Å². The minimum atomic E-state index is 0.122. The molecule has 2 atom stereocenters. The van der Waals surface area contributed by atoms with Gasteiger partial charge < -0.3 is 0 Å². The second kappa shape index (κ2) is 4.34. The van der Waals surface area contributed by atoms with Crippen LogP contribution >= 0.6 is 0 Å². The van der Waals surface area contributed by atoms with Gasteiger partial charge in [0.15, 0.2) is 5.78 Å². The summed E-state index contributed by atoms with van der Waals surface area (Å²) < 4.78 is 0. The Morgan fingerprint density at radius 1 is 1.53 bits per heavy atom. The van der Waals surface area contributed by atoms with Gasteiger partial charge in [0.2, 0.25) is 0 Å². The monoisotopic (exact) mass is 206 g/mol. The highest BCUT2D eigenvalue weighted by atomic mass is 16.1. The van der Waals surface area contributed by atoms with Gasteiger partial charge in [-0.2, -0.15) is 0 Å². The lowest BCUT2D eigenvalue weighted by Crippen LogP contribution is -2.35. The average molecular weight is 206 g/mol. The molecule has 1 nitrogen and oxygen atoms in total. The maximum atomic E-state index is 11.0. The van der Waals surface area contributed by atoms with E-state index in [4.69, 9.17) is 0 Å². The Hall–Kier alpha value is -0.850. The number of allylic oxidation sites excluding steroid dienone is 3. The van der Waals surface area contributed by atoms with E-state index in [0.717, 1.165) is 6.42 Å². The molecule has 0 heterocycles. The smallest absolute Gasteiger partial charge is 0.152 e. The minimum absolute atomic E-state index is 0.122. The van der Waals surface area contributed by atoms with Crippen LogP contribution in [0.2, 0.25) is 0 Å². The molecule has 0 bridgehead atoms. The third-order valence-corrected chi connectivity index (χ3v) is 3.93. The Bertz CT molecular complexity index is 296. The molecular weight excluding hydrogens is 184 g/mol. The number of hydrogen-bond donors (Lipinski definition) is 0. The summed E-state index contributed by atoms with van der Waals surface area (Å²) in [5.74, 6) is 1.16. The summed E-state index contributed by atoms with van der Waals surface area (Å²) in [6.07, 6.45) is 6.05. The number of carbonyl (C=O) groups excluding carboxylic acids is 1. The molecule has 1 saturated carbocycles. The SMILES string of the molecule is C=C1CC[C@@H](C)C(C)(C)[C@H]1/C=C\C(C)=O. The third-order valence-electron chi connectivity index (χ3n) is 3.93. The van der Waals surface area contributed by atoms with Gasteiger partial charge >= 0.3 is 0 Å². The van der Waals surface area contributed by atoms with Crippen LogP contribution in [0.1, 0.15) is 40.5 Å². The highest BCUT2D eigenvalue weighted by Crippen LogP contribution is 2.47. The molecule has 0 unspecified atom stereocenters. The molecule has 0 saturated heterocycles. The van der Waals surface area contributed by atoms with Crippen molar-refractivity contribution in [1.82, 2.24) is 0 Å². The first-order valence-electron chi connectivity index (χ1n) is 5.72. The Labute approximate surface area is 93.3 Å². The van der Waals surface area contributed by atoms with Gasteiger partial charge in [0.25, 0.3) is 0 Å². The van der Waals surface area contributed by atoms with Crippen LogP contribution in [-0.2, 0) is 4.79 Å². The molecule has 1 aliphatic carbocycles. The van der Waals surface area contributed by atoms with Crippen LogP contribution in [0.3, 0.4) is 0 Å². The lowest BCUT2D eigenvalue weighted by Gasteiger charge is -2.44. The van der Waals surface area contributed by atoms with Gasteiger partial charge in [0.05, 0.1) is 0 Å². The lowest BCUT2D eigenvalue weighted by molar-refractivity contribution is -0.112. The zero-order valence-electron chi connectivity index (χ0n) is 10.3. The fraction of sp³-hybridized carbons (Fsp3) is 0.643. The summed E-state index contributed by atoms with van der Waals surface area (Å²) in [5.41, 5.74) is 1.50. The van der Waals surface area contributed by atoms with Gasteiger partial charge in [0, 0.05) is 5.92 Å². The molecule has 0 amide bonds. The molecule has 0 aliphatic heterocycles. The van der Waals surface area contributed by atoms with Crippen LogP contribution in [0.4, 0.5) is 0 Å². The summed E-state index contributed by atoms with van der Waals surface area (Å²) in [7, 11) is 0. The van der Waals surface area contributed by atoms with Crippen molar-refractivity contribution in [3.63, 3.8) is 0 Å². The number of carbonyl (C=O) groups is 1. The van der Waals surface area contributed by atoms with E-state index in [1.165, 1.54) is 12.0 Å². The van der Waals surface area contributed by atoms with Crippen LogP contribution in [0.25, 0.3) is 0 Å². The van der Waals surface area contributed by atoms with E-state index in [2.05, 4.69) is 27.4 Å². The van der Waals surface area contributed by atoms with Gasteiger partial charge in [-0.3, -0.25) is 4.79 Å². The number of hydrogen-bond acceptors (Lipinski definition) is 1. The summed E-state index contributed by atoms with van der Waals surface area (Å²) in [6.45, 7) is 12.6. The summed E-state index contributed by atoms with van der Waals surface area (Å²) in [6, 6.07) is 0. The molecule has 0 aromatic rings. The fourth-order valence-electron chi connectivity index (χ4n) is 2.38. The van der Waals surface area contributed by atoms with Crippen molar-refractivity contribution in [1.29, 1.82) is 0 Å². The highest BCUT2D eigenvalue weighted by Gasteiger charge is 2.38. The molecule has 0 radical (unpaired) electrons. The van der Waals surface area contributed by atoms with Crippen LogP contribution in [0.5, 0.6) is 0 Å². The lowest BCUT2D eigenvalue weighted by atomic mass is 9.61. The Morgan fingerprint density at radius 2 is 2.13 bits per heavy atom. The second-order valence-corrected chi connectivity index (χ2v) is 5.37. The quantitative estimate of drug-likeness (QED) is 0.496. The van der Waals surface area contributed by atoms with Gasteiger partial charge in [0.1, 0.15) is 0 Å². The molecule has 1 fully saturated rings. The van der Waals surface area contributed by atoms with Crippen LogP contribution < -0.4 is 0 Å². The zero-order valence-corrected chi connectivity index (χ0v) is 10.3. The van der Waals surface area contributed by atoms with Gasteiger partial charge in [-0.1, -0.05) is 39.0 Å². The molecule has 1 aliphatic rings. The van der Waals surface area contributed by atoms with E-state index in [1.807, 2.05) is 6.08 Å². The van der Waals surface area contributed by atoms with Gasteiger partial charge in [-0.25, -0.2) is 0 Å². The standard InChI is InChI=1S/C14H22O/c1-10-6-7-11(2)14(4,5)13(10)9-8-12(3)15/h8-9,11,13H,1,6-7H2,2-5H3/b9-8-/t11-,13+/m1/s1. The predicted molar refractivity (Wildman–Crippen MR) is 64.6 cm³/mol. The fourth-order valence-corrected chi connectivity index (χ4v) is 2.38. The van der Waals surface area contributed by atoms with E-state index >= 15 is 0 Å². The molecule has 0 spiro atoms. The molecule has 0 N–H and O–H groups in total. The average Bonchev–Trinajstić information content (AvgIpc) is 2.11. The molecule has 15 heavy (non-hydrogen) atoms. The molecule has 1 heteroatoms. The van der Waals surface area contributed by atoms with Crippen LogP contribution in [-0.4, -0.2) is 5.78 Å². The number of rotatable bonds is 2. The number of ketones is 1.